The van der Waals surface area contributed by atoms with Gasteiger partial charge in [0, 0.05) is 18.1 Å². The summed E-state index contributed by atoms with van der Waals surface area (Å²) < 4.78 is 23.6. The van der Waals surface area contributed by atoms with Crippen LogP contribution < -0.4 is 15.8 Å². The third kappa shape index (κ3) is 3.96. The first-order valence-electron chi connectivity index (χ1n) is 6.15. The summed E-state index contributed by atoms with van der Waals surface area (Å²) in [6.07, 6.45) is 0. The molecule has 0 amide bonds. The summed E-state index contributed by atoms with van der Waals surface area (Å²) in [5.74, 6) is 0. The summed E-state index contributed by atoms with van der Waals surface area (Å²) in [6, 6.07) is 12.4. The molecule has 0 aliphatic carbocycles. The molecule has 0 saturated heterocycles. The van der Waals surface area contributed by atoms with Crippen LogP contribution in [0.1, 0.15) is 5.56 Å². The molecule has 112 valence electrons. The first-order valence-corrected chi connectivity index (χ1v) is 8.49. The van der Waals surface area contributed by atoms with Gasteiger partial charge < -0.3 is 10.6 Å². The molecular formula is C14H16BrN3O2S. The number of nitrogen functional groups attached to an aromatic ring is 1. The zero-order valence-corrected chi connectivity index (χ0v) is 13.9. The molecule has 2 aromatic rings. The molecule has 0 radical (unpaired) electrons. The lowest BCUT2D eigenvalue weighted by atomic mass is 10.2. The van der Waals surface area contributed by atoms with E-state index in [1.807, 2.05) is 36.2 Å². The molecule has 2 rings (SSSR count). The summed E-state index contributed by atoms with van der Waals surface area (Å²) >= 11 is 3.43. The first-order chi connectivity index (χ1) is 9.77. The van der Waals surface area contributed by atoms with E-state index in [4.69, 9.17) is 10.9 Å². The third-order valence-electron chi connectivity index (χ3n) is 3.05. The number of benzene rings is 2. The largest absolute Gasteiger partial charge is 0.397 e. The standard InChI is InChI=1S/C14H16BrN3O2S/c1-18(9-10-3-2-4-11(15)7-10)14-6-5-12(8-13(14)16)21(17,19)20/h2-8H,9,16H2,1H3,(H2,17,19,20). The van der Waals surface area contributed by atoms with Crippen LogP contribution in [-0.2, 0) is 16.6 Å². The fraction of sp³-hybridized carbons (Fsp3) is 0.143. The van der Waals surface area contributed by atoms with Crippen LogP contribution in [0, 0.1) is 0 Å². The van der Waals surface area contributed by atoms with Crippen molar-refractivity contribution in [2.24, 2.45) is 5.14 Å². The van der Waals surface area contributed by atoms with Gasteiger partial charge in [-0.2, -0.15) is 0 Å². The van der Waals surface area contributed by atoms with Gasteiger partial charge in [-0.25, -0.2) is 13.6 Å². The Morgan fingerprint density at radius 3 is 2.48 bits per heavy atom. The maximum absolute atomic E-state index is 11.3. The van der Waals surface area contributed by atoms with E-state index in [1.54, 1.807) is 6.07 Å². The zero-order valence-electron chi connectivity index (χ0n) is 11.5. The molecule has 21 heavy (non-hydrogen) atoms. The minimum Gasteiger partial charge on any atom is -0.397 e. The number of rotatable bonds is 4. The second-order valence-electron chi connectivity index (χ2n) is 4.75. The van der Waals surface area contributed by atoms with Crippen molar-refractivity contribution < 1.29 is 8.42 Å². The fourth-order valence-corrected chi connectivity index (χ4v) is 3.05. The Morgan fingerprint density at radius 1 is 1.19 bits per heavy atom. The number of primary sulfonamides is 1. The molecule has 0 aromatic heterocycles. The molecule has 0 aliphatic heterocycles. The second-order valence-corrected chi connectivity index (χ2v) is 7.23. The van der Waals surface area contributed by atoms with Gasteiger partial charge in [0.2, 0.25) is 10.0 Å². The van der Waals surface area contributed by atoms with E-state index in [9.17, 15) is 8.42 Å². The quantitative estimate of drug-likeness (QED) is 0.809. The molecule has 2 aromatic carbocycles. The van der Waals surface area contributed by atoms with Crippen LogP contribution in [-0.4, -0.2) is 15.5 Å². The molecule has 0 spiro atoms. The van der Waals surface area contributed by atoms with E-state index in [-0.39, 0.29) is 4.90 Å². The monoisotopic (exact) mass is 369 g/mol. The maximum Gasteiger partial charge on any atom is 0.238 e. The molecule has 0 saturated carbocycles. The van der Waals surface area contributed by atoms with Crippen LogP contribution in [0.25, 0.3) is 0 Å². The molecule has 0 unspecified atom stereocenters. The Kier molecular flexibility index (Phi) is 4.55. The third-order valence-corrected chi connectivity index (χ3v) is 4.45. The summed E-state index contributed by atoms with van der Waals surface area (Å²) in [5.41, 5.74) is 8.17. The number of halogens is 1. The number of nitrogens with zero attached hydrogens (tertiary/aromatic N) is 1. The molecule has 7 heteroatoms. The molecule has 0 heterocycles. The summed E-state index contributed by atoms with van der Waals surface area (Å²) in [6.45, 7) is 0.651. The van der Waals surface area contributed by atoms with Crippen LogP contribution in [0.15, 0.2) is 51.8 Å². The van der Waals surface area contributed by atoms with Crippen molar-refractivity contribution in [3.63, 3.8) is 0 Å². The second kappa shape index (κ2) is 6.05. The number of hydrogen-bond acceptors (Lipinski definition) is 4. The Hall–Kier alpha value is -1.57. The molecular weight excluding hydrogens is 354 g/mol. The van der Waals surface area contributed by atoms with Crippen LogP contribution in [0.3, 0.4) is 0 Å². The predicted octanol–water partition coefficient (Wildman–Crippen LogP) is 2.32. The lowest BCUT2D eigenvalue weighted by Crippen LogP contribution is -2.19. The van der Waals surface area contributed by atoms with Crippen molar-refractivity contribution in [2.45, 2.75) is 11.4 Å². The van der Waals surface area contributed by atoms with Crippen molar-refractivity contribution in [3.05, 3.63) is 52.5 Å². The Bertz CT molecular complexity index is 763. The number of hydrogen-bond donors (Lipinski definition) is 2. The number of anilines is 2. The average molecular weight is 370 g/mol. The van der Waals surface area contributed by atoms with Crippen LogP contribution in [0.5, 0.6) is 0 Å². The van der Waals surface area contributed by atoms with Gasteiger partial charge >= 0.3 is 0 Å². The van der Waals surface area contributed by atoms with Crippen molar-refractivity contribution in [2.75, 3.05) is 17.7 Å². The van der Waals surface area contributed by atoms with Gasteiger partial charge in [-0.05, 0) is 35.9 Å². The first kappa shape index (κ1) is 15.8. The van der Waals surface area contributed by atoms with Crippen LogP contribution >= 0.6 is 15.9 Å². The highest BCUT2D eigenvalue weighted by Gasteiger charge is 2.12. The van der Waals surface area contributed by atoms with Crippen LogP contribution in [0.2, 0.25) is 0 Å². The minimum atomic E-state index is -3.74. The predicted molar refractivity (Wildman–Crippen MR) is 88.5 cm³/mol. The summed E-state index contributed by atoms with van der Waals surface area (Å²) in [5, 5.41) is 5.09. The molecule has 5 nitrogen and oxygen atoms in total. The van der Waals surface area contributed by atoms with Gasteiger partial charge in [0.15, 0.2) is 0 Å². The Morgan fingerprint density at radius 2 is 1.90 bits per heavy atom. The van der Waals surface area contributed by atoms with Gasteiger partial charge in [-0.15, -0.1) is 0 Å². The van der Waals surface area contributed by atoms with E-state index in [1.165, 1.54) is 12.1 Å². The highest BCUT2D eigenvalue weighted by molar-refractivity contribution is 9.10. The van der Waals surface area contributed by atoms with Gasteiger partial charge in [0.25, 0.3) is 0 Å². The lowest BCUT2D eigenvalue weighted by Gasteiger charge is -2.21. The molecule has 0 aliphatic rings. The normalized spacial score (nSPS) is 11.4. The van der Waals surface area contributed by atoms with Gasteiger partial charge in [0.05, 0.1) is 16.3 Å². The van der Waals surface area contributed by atoms with Gasteiger partial charge in [-0.3, -0.25) is 0 Å². The van der Waals surface area contributed by atoms with Gasteiger partial charge in [0.1, 0.15) is 0 Å². The topological polar surface area (TPSA) is 89.4 Å². The number of sulfonamides is 1. The van der Waals surface area contributed by atoms with E-state index < -0.39 is 10.0 Å². The Labute approximate surface area is 132 Å². The minimum absolute atomic E-state index is 0.0135. The fourth-order valence-electron chi connectivity index (χ4n) is 2.05. The van der Waals surface area contributed by atoms with Crippen molar-refractivity contribution in [1.29, 1.82) is 0 Å². The van der Waals surface area contributed by atoms with Crippen LogP contribution in [0.4, 0.5) is 11.4 Å². The van der Waals surface area contributed by atoms with Gasteiger partial charge in [-0.1, -0.05) is 28.1 Å². The Balaban J connectivity index is 2.26. The average Bonchev–Trinajstić information content (AvgIpc) is 2.37. The lowest BCUT2D eigenvalue weighted by molar-refractivity contribution is 0.598. The SMILES string of the molecule is CN(Cc1cccc(Br)c1)c1ccc(S(N)(=O)=O)cc1N. The van der Waals surface area contributed by atoms with Crippen molar-refractivity contribution in [1.82, 2.24) is 0 Å². The number of nitrogens with two attached hydrogens (primary N) is 2. The highest BCUT2D eigenvalue weighted by Crippen LogP contribution is 2.26. The molecule has 0 atom stereocenters. The smallest absolute Gasteiger partial charge is 0.238 e. The van der Waals surface area contributed by atoms with Crippen molar-refractivity contribution >= 4 is 37.3 Å². The van der Waals surface area contributed by atoms with E-state index >= 15 is 0 Å². The molecule has 4 N–H and O–H groups in total. The van der Waals surface area contributed by atoms with E-state index in [0.29, 0.717) is 12.2 Å². The summed E-state index contributed by atoms with van der Waals surface area (Å²) in [7, 11) is -1.84. The summed E-state index contributed by atoms with van der Waals surface area (Å²) in [4.78, 5) is 1.96. The highest BCUT2D eigenvalue weighted by atomic mass is 79.9. The van der Waals surface area contributed by atoms with E-state index in [0.717, 1.165) is 15.7 Å². The molecule has 0 bridgehead atoms. The zero-order chi connectivity index (χ0) is 15.6. The van der Waals surface area contributed by atoms with Crippen molar-refractivity contribution in [3.8, 4) is 0 Å². The van der Waals surface area contributed by atoms with E-state index in [2.05, 4.69) is 15.9 Å². The molecule has 0 fully saturated rings. The maximum atomic E-state index is 11.3.